The van der Waals surface area contributed by atoms with Gasteiger partial charge in [0.2, 0.25) is 0 Å². The summed E-state index contributed by atoms with van der Waals surface area (Å²) in [5.41, 5.74) is 13.6. The maximum Gasteiger partial charge on any atom is 0.269 e. The van der Waals surface area contributed by atoms with Crippen LogP contribution in [-0.2, 0) is 0 Å². The van der Waals surface area contributed by atoms with Gasteiger partial charge in [0, 0.05) is 17.5 Å². The Bertz CT molecular complexity index is 1240. The Morgan fingerprint density at radius 3 is 2.53 bits per heavy atom. The Kier molecular flexibility index (Phi) is 6.03. The zero-order chi connectivity index (χ0) is 22.5. The SMILES string of the molecule is CCN(c1ncnc(NNC(=O)c2ccc(OC)cc2)c1N)c1cccc2ccccc12. The van der Waals surface area contributed by atoms with E-state index in [4.69, 9.17) is 10.5 Å². The van der Waals surface area contributed by atoms with Crippen LogP contribution in [0.25, 0.3) is 10.8 Å². The zero-order valence-electron chi connectivity index (χ0n) is 17.9. The highest BCUT2D eigenvalue weighted by Crippen LogP contribution is 2.35. The molecule has 4 aromatic rings. The molecule has 0 saturated carbocycles. The predicted molar refractivity (Wildman–Crippen MR) is 127 cm³/mol. The van der Waals surface area contributed by atoms with Gasteiger partial charge >= 0.3 is 0 Å². The third-order valence-corrected chi connectivity index (χ3v) is 5.14. The van der Waals surface area contributed by atoms with Crippen molar-refractivity contribution in [3.05, 3.63) is 78.6 Å². The number of hydrogen-bond acceptors (Lipinski definition) is 7. The van der Waals surface area contributed by atoms with Crippen LogP contribution in [0.15, 0.2) is 73.1 Å². The number of nitrogens with zero attached hydrogens (tertiary/aromatic N) is 3. The highest BCUT2D eigenvalue weighted by Gasteiger charge is 2.18. The zero-order valence-corrected chi connectivity index (χ0v) is 17.9. The van der Waals surface area contributed by atoms with E-state index in [1.807, 2.05) is 36.1 Å². The monoisotopic (exact) mass is 428 g/mol. The number of anilines is 4. The molecule has 32 heavy (non-hydrogen) atoms. The number of hydrogen-bond donors (Lipinski definition) is 3. The maximum atomic E-state index is 12.5. The second-order valence-electron chi connectivity index (χ2n) is 7.01. The molecule has 1 heterocycles. The van der Waals surface area contributed by atoms with Crippen molar-refractivity contribution in [3.8, 4) is 5.75 Å². The van der Waals surface area contributed by atoms with Crippen LogP contribution in [0.3, 0.4) is 0 Å². The van der Waals surface area contributed by atoms with Crippen molar-refractivity contribution in [1.82, 2.24) is 15.4 Å². The third-order valence-electron chi connectivity index (χ3n) is 5.14. The summed E-state index contributed by atoms with van der Waals surface area (Å²) in [5, 5.41) is 2.22. The standard InChI is InChI=1S/C24H24N6O2/c1-3-30(20-10-6-8-16-7-4-5-9-19(16)20)23-21(25)22(26-15-27-23)28-29-24(31)17-11-13-18(32-2)14-12-17/h4-15H,3,25H2,1-2H3,(H,29,31)(H,26,27,28). The molecule has 0 aliphatic heterocycles. The van der Waals surface area contributed by atoms with E-state index < -0.39 is 0 Å². The van der Waals surface area contributed by atoms with Crippen molar-refractivity contribution in [2.45, 2.75) is 6.92 Å². The number of ether oxygens (including phenoxy) is 1. The van der Waals surface area contributed by atoms with Gasteiger partial charge in [-0.2, -0.15) is 0 Å². The van der Waals surface area contributed by atoms with Gasteiger partial charge in [0.15, 0.2) is 11.6 Å². The summed E-state index contributed by atoms with van der Waals surface area (Å²) in [6.07, 6.45) is 1.42. The molecular formula is C24H24N6O2. The molecule has 0 unspecified atom stereocenters. The van der Waals surface area contributed by atoms with Crippen LogP contribution < -0.4 is 26.2 Å². The largest absolute Gasteiger partial charge is 0.497 e. The van der Waals surface area contributed by atoms with E-state index in [9.17, 15) is 4.79 Å². The summed E-state index contributed by atoms with van der Waals surface area (Å²) in [6.45, 7) is 2.68. The number of methoxy groups -OCH3 is 1. The van der Waals surface area contributed by atoms with Crippen LogP contribution >= 0.6 is 0 Å². The van der Waals surface area contributed by atoms with Gasteiger partial charge in [-0.25, -0.2) is 9.97 Å². The highest BCUT2D eigenvalue weighted by molar-refractivity contribution is 5.98. The van der Waals surface area contributed by atoms with Crippen LogP contribution in [0.1, 0.15) is 17.3 Å². The molecule has 0 saturated heterocycles. The average molecular weight is 428 g/mol. The van der Waals surface area contributed by atoms with Gasteiger partial charge in [-0.3, -0.25) is 15.6 Å². The summed E-state index contributed by atoms with van der Waals surface area (Å²) >= 11 is 0. The predicted octanol–water partition coefficient (Wildman–Crippen LogP) is 4.14. The smallest absolute Gasteiger partial charge is 0.269 e. The first kappa shape index (κ1) is 20.9. The van der Waals surface area contributed by atoms with Gasteiger partial charge in [0.25, 0.3) is 5.91 Å². The van der Waals surface area contributed by atoms with E-state index >= 15 is 0 Å². The van der Waals surface area contributed by atoms with E-state index in [2.05, 4.69) is 39.0 Å². The molecule has 0 fully saturated rings. The van der Waals surface area contributed by atoms with Gasteiger partial charge < -0.3 is 15.4 Å². The number of aromatic nitrogens is 2. The summed E-state index contributed by atoms with van der Waals surface area (Å²) in [7, 11) is 1.57. The van der Waals surface area contributed by atoms with Crippen molar-refractivity contribution in [1.29, 1.82) is 0 Å². The maximum absolute atomic E-state index is 12.5. The minimum absolute atomic E-state index is 0.315. The second-order valence-corrected chi connectivity index (χ2v) is 7.01. The topological polar surface area (TPSA) is 105 Å². The summed E-state index contributed by atoms with van der Waals surface area (Å²) < 4.78 is 5.12. The number of nitrogens with two attached hydrogens (primary N) is 1. The van der Waals surface area contributed by atoms with Crippen LogP contribution in [0.4, 0.5) is 23.0 Å². The van der Waals surface area contributed by atoms with Crippen LogP contribution in [0.2, 0.25) is 0 Å². The van der Waals surface area contributed by atoms with Crippen LogP contribution in [-0.4, -0.2) is 29.5 Å². The lowest BCUT2D eigenvalue weighted by atomic mass is 10.1. The number of fused-ring (bicyclic) bond motifs is 1. The summed E-state index contributed by atoms with van der Waals surface area (Å²) in [4.78, 5) is 23.1. The van der Waals surface area contributed by atoms with Crippen molar-refractivity contribution in [2.24, 2.45) is 0 Å². The number of nitrogen functional groups attached to an aromatic ring is 1. The van der Waals surface area contributed by atoms with Gasteiger partial charge in [-0.05, 0) is 42.6 Å². The lowest BCUT2D eigenvalue weighted by Gasteiger charge is -2.25. The molecule has 1 aromatic heterocycles. The number of hydrazine groups is 1. The minimum atomic E-state index is -0.325. The molecular weight excluding hydrogens is 404 g/mol. The fraction of sp³-hybridized carbons (Fsp3) is 0.125. The van der Waals surface area contributed by atoms with E-state index in [1.165, 1.54) is 6.33 Å². The van der Waals surface area contributed by atoms with Gasteiger partial charge in [-0.15, -0.1) is 0 Å². The van der Waals surface area contributed by atoms with Gasteiger partial charge in [0.05, 0.1) is 12.8 Å². The molecule has 1 amide bonds. The molecule has 8 nitrogen and oxygen atoms in total. The number of nitrogens with one attached hydrogen (secondary N) is 2. The highest BCUT2D eigenvalue weighted by atomic mass is 16.5. The molecule has 0 spiro atoms. The van der Waals surface area contributed by atoms with Crippen LogP contribution in [0.5, 0.6) is 5.75 Å². The molecule has 4 rings (SSSR count). The summed E-state index contributed by atoms with van der Waals surface area (Å²) in [5.74, 6) is 1.22. The quantitative estimate of drug-likeness (QED) is 0.380. The molecule has 0 aliphatic carbocycles. The Hall–Kier alpha value is -4.33. The van der Waals surface area contributed by atoms with E-state index in [-0.39, 0.29) is 5.91 Å². The normalized spacial score (nSPS) is 10.6. The Balaban J connectivity index is 1.59. The molecule has 0 atom stereocenters. The fourth-order valence-corrected chi connectivity index (χ4v) is 3.51. The Labute approximate surface area is 186 Å². The van der Waals surface area contributed by atoms with E-state index in [0.29, 0.717) is 35.2 Å². The molecule has 0 aliphatic rings. The number of amides is 1. The van der Waals surface area contributed by atoms with E-state index in [0.717, 1.165) is 16.5 Å². The van der Waals surface area contributed by atoms with Crippen molar-refractivity contribution >= 4 is 39.7 Å². The van der Waals surface area contributed by atoms with E-state index in [1.54, 1.807) is 31.4 Å². The van der Waals surface area contributed by atoms with Crippen molar-refractivity contribution < 1.29 is 9.53 Å². The first-order valence-corrected chi connectivity index (χ1v) is 10.2. The molecule has 0 radical (unpaired) electrons. The summed E-state index contributed by atoms with van der Waals surface area (Å²) in [6, 6.07) is 21.0. The average Bonchev–Trinajstić information content (AvgIpc) is 2.84. The lowest BCUT2D eigenvalue weighted by molar-refractivity contribution is 0.0962. The fourth-order valence-electron chi connectivity index (χ4n) is 3.51. The Morgan fingerprint density at radius 1 is 1.03 bits per heavy atom. The molecule has 0 bridgehead atoms. The number of rotatable bonds is 7. The molecule has 8 heteroatoms. The molecule has 4 N–H and O–H groups in total. The first-order chi connectivity index (χ1) is 15.6. The van der Waals surface area contributed by atoms with Crippen molar-refractivity contribution in [3.63, 3.8) is 0 Å². The van der Waals surface area contributed by atoms with Crippen molar-refractivity contribution in [2.75, 3.05) is 29.7 Å². The lowest BCUT2D eigenvalue weighted by Crippen LogP contribution is -2.30. The number of carbonyl (C=O) groups excluding carboxylic acids is 1. The van der Waals surface area contributed by atoms with Gasteiger partial charge in [0.1, 0.15) is 17.8 Å². The molecule has 162 valence electrons. The third kappa shape index (κ3) is 4.11. The molecule has 3 aromatic carbocycles. The number of benzene rings is 3. The first-order valence-electron chi connectivity index (χ1n) is 10.2. The van der Waals surface area contributed by atoms with Crippen LogP contribution in [0, 0.1) is 0 Å². The van der Waals surface area contributed by atoms with Gasteiger partial charge in [-0.1, -0.05) is 36.4 Å². The Morgan fingerprint density at radius 2 is 1.78 bits per heavy atom. The second kappa shape index (κ2) is 9.22. The minimum Gasteiger partial charge on any atom is -0.497 e. The number of carbonyl (C=O) groups is 1.